The summed E-state index contributed by atoms with van der Waals surface area (Å²) in [6, 6.07) is 12.2. The van der Waals surface area contributed by atoms with Gasteiger partial charge in [0.1, 0.15) is 11.5 Å². The lowest BCUT2D eigenvalue weighted by molar-refractivity contribution is 0.0696. The van der Waals surface area contributed by atoms with Gasteiger partial charge in [-0.25, -0.2) is 9.18 Å². The van der Waals surface area contributed by atoms with Crippen molar-refractivity contribution < 1.29 is 14.3 Å². The highest BCUT2D eigenvalue weighted by Gasteiger charge is 2.18. The fourth-order valence-corrected chi connectivity index (χ4v) is 3.76. The van der Waals surface area contributed by atoms with E-state index in [0.29, 0.717) is 24.0 Å². The van der Waals surface area contributed by atoms with Crippen molar-refractivity contribution in [3.8, 4) is 0 Å². The number of rotatable bonds is 6. The molecular formula is C28H28FNO3. The summed E-state index contributed by atoms with van der Waals surface area (Å²) in [6.45, 7) is 6.36. The fraction of sp³-hybridized carbons (Fsp3) is 0.250. The average molecular weight is 446 g/mol. The molecule has 0 aromatic heterocycles. The quantitative estimate of drug-likeness (QED) is 0.471. The van der Waals surface area contributed by atoms with E-state index in [1.165, 1.54) is 28.8 Å². The molecule has 33 heavy (non-hydrogen) atoms. The van der Waals surface area contributed by atoms with E-state index in [1.54, 1.807) is 6.08 Å². The van der Waals surface area contributed by atoms with Gasteiger partial charge in [0.05, 0.1) is 5.56 Å². The van der Waals surface area contributed by atoms with Crippen molar-refractivity contribution >= 4 is 11.5 Å². The predicted molar refractivity (Wildman–Crippen MR) is 130 cm³/mol. The SMILES string of the molecule is Cc1ccc(C2=CC(C)(C)CC=C(C(=CCc3ccc(C(=O)O)cc3F)N=O)C=CC2)cc1. The Kier molecular flexibility index (Phi) is 7.54. The smallest absolute Gasteiger partial charge is 0.335 e. The summed E-state index contributed by atoms with van der Waals surface area (Å²) in [5.74, 6) is -1.81. The molecule has 0 atom stereocenters. The molecule has 0 radical (unpaired) electrons. The van der Waals surface area contributed by atoms with Crippen molar-refractivity contribution in [3.05, 3.63) is 117 Å². The van der Waals surface area contributed by atoms with Crippen LogP contribution in [0.5, 0.6) is 0 Å². The van der Waals surface area contributed by atoms with E-state index in [9.17, 15) is 14.1 Å². The number of nitrogens with zero attached hydrogens (tertiary/aromatic N) is 1. The van der Waals surface area contributed by atoms with Gasteiger partial charge in [0.2, 0.25) is 0 Å². The van der Waals surface area contributed by atoms with Crippen molar-refractivity contribution in [2.75, 3.05) is 0 Å². The van der Waals surface area contributed by atoms with E-state index in [-0.39, 0.29) is 23.1 Å². The van der Waals surface area contributed by atoms with Crippen LogP contribution >= 0.6 is 0 Å². The molecule has 0 fully saturated rings. The van der Waals surface area contributed by atoms with Gasteiger partial charge >= 0.3 is 5.97 Å². The lowest BCUT2D eigenvalue weighted by Gasteiger charge is -2.20. The Balaban J connectivity index is 1.85. The number of carboxylic acids is 1. The summed E-state index contributed by atoms with van der Waals surface area (Å²) in [6.07, 6.45) is 11.3. The van der Waals surface area contributed by atoms with Crippen LogP contribution < -0.4 is 0 Å². The van der Waals surface area contributed by atoms with Crippen molar-refractivity contribution in [1.29, 1.82) is 0 Å². The van der Waals surface area contributed by atoms with Crippen LogP contribution in [0.1, 0.15) is 53.7 Å². The fourth-order valence-electron chi connectivity index (χ4n) is 3.76. The number of aryl methyl sites for hydroxylation is 1. The van der Waals surface area contributed by atoms with Gasteiger partial charge in [-0.1, -0.05) is 80.1 Å². The van der Waals surface area contributed by atoms with Crippen LogP contribution in [0, 0.1) is 23.1 Å². The molecule has 2 aromatic rings. The number of nitroso groups, excluding NO2 is 1. The van der Waals surface area contributed by atoms with Crippen LogP contribution in [0.3, 0.4) is 0 Å². The molecule has 1 aliphatic carbocycles. The van der Waals surface area contributed by atoms with E-state index in [2.05, 4.69) is 56.3 Å². The molecular weight excluding hydrogens is 417 g/mol. The first-order chi connectivity index (χ1) is 15.7. The minimum Gasteiger partial charge on any atom is -0.478 e. The molecule has 0 saturated heterocycles. The molecule has 2 aromatic carbocycles. The van der Waals surface area contributed by atoms with Crippen LogP contribution in [0.15, 0.2) is 89.3 Å². The van der Waals surface area contributed by atoms with Crippen LogP contribution in [0.4, 0.5) is 4.39 Å². The van der Waals surface area contributed by atoms with Crippen molar-refractivity contribution in [2.24, 2.45) is 10.6 Å². The topological polar surface area (TPSA) is 66.7 Å². The summed E-state index contributed by atoms with van der Waals surface area (Å²) in [7, 11) is 0. The second-order valence-corrected chi connectivity index (χ2v) is 8.99. The highest BCUT2D eigenvalue weighted by Crippen LogP contribution is 2.33. The molecule has 0 aliphatic heterocycles. The van der Waals surface area contributed by atoms with E-state index in [4.69, 9.17) is 5.11 Å². The Morgan fingerprint density at radius 1 is 1.18 bits per heavy atom. The summed E-state index contributed by atoms with van der Waals surface area (Å²) < 4.78 is 14.3. The van der Waals surface area contributed by atoms with Crippen molar-refractivity contribution in [3.63, 3.8) is 0 Å². The third-order valence-electron chi connectivity index (χ3n) is 5.68. The van der Waals surface area contributed by atoms with Gasteiger partial charge in [-0.3, -0.25) is 0 Å². The van der Waals surface area contributed by atoms with Gasteiger partial charge in [0.25, 0.3) is 0 Å². The average Bonchev–Trinajstić information content (AvgIpc) is 2.84. The Morgan fingerprint density at radius 2 is 1.91 bits per heavy atom. The number of hydrogen-bond donors (Lipinski definition) is 1. The van der Waals surface area contributed by atoms with E-state index in [0.717, 1.165) is 6.07 Å². The number of carboxylic acid groups (broad SMARTS) is 1. The molecule has 0 spiro atoms. The Bertz CT molecular complexity index is 1170. The Morgan fingerprint density at radius 3 is 2.55 bits per heavy atom. The monoisotopic (exact) mass is 445 g/mol. The van der Waals surface area contributed by atoms with Crippen LogP contribution in [-0.4, -0.2) is 11.1 Å². The highest BCUT2D eigenvalue weighted by atomic mass is 19.1. The number of aromatic carboxylic acids is 1. The molecule has 0 heterocycles. The minimum absolute atomic E-state index is 0.116. The van der Waals surface area contributed by atoms with Gasteiger partial charge < -0.3 is 5.11 Å². The molecule has 3 rings (SSSR count). The van der Waals surface area contributed by atoms with Crippen molar-refractivity contribution in [2.45, 2.75) is 40.0 Å². The zero-order chi connectivity index (χ0) is 24.0. The molecule has 1 aliphatic rings. The number of allylic oxidation sites excluding steroid dienone is 6. The molecule has 0 unspecified atom stereocenters. The Hall–Kier alpha value is -3.60. The standard InChI is InChI=1S/C28H28FNO3/c1-19-7-9-20(10-8-19)24-6-4-5-22(15-16-28(2,3)18-24)26(30-33)14-13-21-11-12-23(27(31)32)17-25(21)29/h4-5,7-12,14-15,17-18H,6,13,16H2,1-3H3,(H,31,32). The zero-order valence-corrected chi connectivity index (χ0v) is 19.1. The zero-order valence-electron chi connectivity index (χ0n) is 19.1. The third-order valence-corrected chi connectivity index (χ3v) is 5.68. The molecule has 170 valence electrons. The van der Waals surface area contributed by atoms with Gasteiger partial charge in [-0.15, -0.1) is 4.91 Å². The lowest BCUT2D eigenvalue weighted by atomic mass is 9.84. The van der Waals surface area contributed by atoms with Gasteiger partial charge in [-0.2, -0.15) is 0 Å². The molecule has 0 amide bonds. The summed E-state index contributed by atoms with van der Waals surface area (Å²) in [5, 5.41) is 12.2. The van der Waals surface area contributed by atoms with Crippen molar-refractivity contribution in [1.82, 2.24) is 0 Å². The molecule has 1 N–H and O–H groups in total. The molecule has 0 saturated carbocycles. The van der Waals surface area contributed by atoms with Gasteiger partial charge in [-0.05, 0) is 71.2 Å². The predicted octanol–water partition coefficient (Wildman–Crippen LogP) is 7.41. The maximum Gasteiger partial charge on any atom is 0.335 e. The number of hydrogen-bond acceptors (Lipinski definition) is 3. The lowest BCUT2D eigenvalue weighted by Crippen LogP contribution is -2.07. The van der Waals surface area contributed by atoms with Gasteiger partial charge in [0, 0.05) is 0 Å². The maximum absolute atomic E-state index is 14.3. The van der Waals surface area contributed by atoms with E-state index < -0.39 is 11.8 Å². The maximum atomic E-state index is 14.3. The first kappa shape index (κ1) is 24.1. The summed E-state index contributed by atoms with van der Waals surface area (Å²) in [4.78, 5) is 22.6. The van der Waals surface area contributed by atoms with Gasteiger partial charge in [0.15, 0.2) is 0 Å². The first-order valence-electron chi connectivity index (χ1n) is 10.9. The molecule has 4 nitrogen and oxygen atoms in total. The number of carbonyl (C=O) groups is 1. The number of halogens is 1. The second kappa shape index (κ2) is 10.3. The third kappa shape index (κ3) is 6.45. The van der Waals surface area contributed by atoms with Crippen LogP contribution in [0.25, 0.3) is 5.57 Å². The van der Waals surface area contributed by atoms with E-state index in [1.807, 2.05) is 18.2 Å². The molecule has 0 bridgehead atoms. The Labute approximate surface area is 193 Å². The minimum atomic E-state index is -1.19. The highest BCUT2D eigenvalue weighted by molar-refractivity contribution is 5.87. The summed E-state index contributed by atoms with van der Waals surface area (Å²) >= 11 is 0. The normalized spacial score (nSPS) is 16.2. The van der Waals surface area contributed by atoms with E-state index >= 15 is 0 Å². The summed E-state index contributed by atoms with van der Waals surface area (Å²) in [5.41, 5.74) is 4.59. The second-order valence-electron chi connectivity index (χ2n) is 8.99. The number of benzene rings is 2. The molecule has 5 heteroatoms. The first-order valence-corrected chi connectivity index (χ1v) is 10.9. The van der Waals surface area contributed by atoms with Crippen LogP contribution in [-0.2, 0) is 6.42 Å². The van der Waals surface area contributed by atoms with Crippen LogP contribution in [0.2, 0.25) is 0 Å². The largest absolute Gasteiger partial charge is 0.478 e.